The molecule has 5 nitrogen and oxygen atoms in total. The molecular formula is C26H22ClNO4. The van der Waals surface area contributed by atoms with Crippen LogP contribution in [0, 0.1) is 13.8 Å². The number of amides is 1. The van der Waals surface area contributed by atoms with E-state index < -0.39 is 17.7 Å². The second-order valence-electron chi connectivity index (χ2n) is 7.74. The number of methoxy groups -OCH3 is 1. The van der Waals surface area contributed by atoms with E-state index >= 15 is 0 Å². The van der Waals surface area contributed by atoms with Gasteiger partial charge in [-0.1, -0.05) is 35.9 Å². The third-order valence-electron chi connectivity index (χ3n) is 5.60. The van der Waals surface area contributed by atoms with E-state index in [1.54, 1.807) is 49.6 Å². The first kappa shape index (κ1) is 21.7. The van der Waals surface area contributed by atoms with Gasteiger partial charge < -0.3 is 9.84 Å². The summed E-state index contributed by atoms with van der Waals surface area (Å²) in [4.78, 5) is 28.0. The van der Waals surface area contributed by atoms with Crippen molar-refractivity contribution in [2.24, 2.45) is 0 Å². The number of hydrogen-bond donors (Lipinski definition) is 1. The molecule has 1 saturated heterocycles. The number of aryl methyl sites for hydroxylation is 2. The Labute approximate surface area is 191 Å². The van der Waals surface area contributed by atoms with Crippen LogP contribution in [0.15, 0.2) is 72.3 Å². The van der Waals surface area contributed by atoms with Gasteiger partial charge in [-0.2, -0.15) is 0 Å². The summed E-state index contributed by atoms with van der Waals surface area (Å²) >= 11 is 5.98. The zero-order chi connectivity index (χ0) is 23.0. The fourth-order valence-corrected chi connectivity index (χ4v) is 4.08. The number of halogens is 1. The summed E-state index contributed by atoms with van der Waals surface area (Å²) in [5.74, 6) is -1.10. The zero-order valence-corrected chi connectivity index (χ0v) is 18.7. The predicted molar refractivity (Wildman–Crippen MR) is 125 cm³/mol. The first-order valence-electron chi connectivity index (χ1n) is 10.1. The Kier molecular flexibility index (Phi) is 5.76. The lowest BCUT2D eigenvalue weighted by molar-refractivity contribution is -0.132. The number of rotatable bonds is 4. The molecule has 0 spiro atoms. The summed E-state index contributed by atoms with van der Waals surface area (Å²) in [5, 5.41) is 11.7. The van der Waals surface area contributed by atoms with Crippen LogP contribution in [0.25, 0.3) is 5.76 Å². The second-order valence-corrected chi connectivity index (χ2v) is 8.18. The fourth-order valence-electron chi connectivity index (χ4n) is 3.95. The van der Waals surface area contributed by atoms with E-state index in [9.17, 15) is 14.7 Å². The Morgan fingerprint density at radius 3 is 2.41 bits per heavy atom. The van der Waals surface area contributed by atoms with Crippen molar-refractivity contribution in [2.45, 2.75) is 19.9 Å². The highest BCUT2D eigenvalue weighted by Gasteiger charge is 2.47. The van der Waals surface area contributed by atoms with Crippen molar-refractivity contribution < 1.29 is 19.4 Å². The van der Waals surface area contributed by atoms with E-state index in [2.05, 4.69) is 0 Å². The molecule has 1 N–H and O–H groups in total. The van der Waals surface area contributed by atoms with Crippen molar-refractivity contribution in [3.63, 3.8) is 0 Å². The SMILES string of the molecule is COc1cccc(C2/C(=C(\O)c3ccc(Cl)cc3)C(=O)C(=O)N2c2cc(C)ccc2C)c1. The summed E-state index contributed by atoms with van der Waals surface area (Å²) in [6.45, 7) is 3.81. The van der Waals surface area contributed by atoms with Gasteiger partial charge in [0.1, 0.15) is 11.5 Å². The Bertz CT molecular complexity index is 1250. The lowest BCUT2D eigenvalue weighted by Crippen LogP contribution is -2.30. The number of nitrogens with zero attached hydrogens (tertiary/aromatic N) is 1. The average molecular weight is 448 g/mol. The number of aliphatic hydroxyl groups excluding tert-OH is 1. The van der Waals surface area contributed by atoms with Crippen LogP contribution < -0.4 is 9.64 Å². The van der Waals surface area contributed by atoms with E-state index in [1.165, 1.54) is 4.90 Å². The highest BCUT2D eigenvalue weighted by Crippen LogP contribution is 2.44. The Balaban J connectivity index is 1.99. The van der Waals surface area contributed by atoms with E-state index in [0.29, 0.717) is 27.6 Å². The Morgan fingerprint density at radius 2 is 1.72 bits per heavy atom. The number of aliphatic hydroxyl groups is 1. The van der Waals surface area contributed by atoms with Gasteiger partial charge in [-0.15, -0.1) is 0 Å². The van der Waals surface area contributed by atoms with Gasteiger partial charge >= 0.3 is 0 Å². The van der Waals surface area contributed by atoms with Crippen LogP contribution in [0.1, 0.15) is 28.3 Å². The molecule has 4 rings (SSSR count). The minimum absolute atomic E-state index is 0.0199. The van der Waals surface area contributed by atoms with Crippen LogP contribution in [0.2, 0.25) is 5.02 Å². The molecular weight excluding hydrogens is 426 g/mol. The summed E-state index contributed by atoms with van der Waals surface area (Å²) in [7, 11) is 1.55. The second kappa shape index (κ2) is 8.52. The maximum Gasteiger partial charge on any atom is 0.300 e. The molecule has 162 valence electrons. The first-order chi connectivity index (χ1) is 15.3. The van der Waals surface area contributed by atoms with Crippen LogP contribution >= 0.6 is 11.6 Å². The maximum atomic E-state index is 13.3. The Hall–Kier alpha value is -3.57. The van der Waals surface area contributed by atoms with Gasteiger partial charge in [0.2, 0.25) is 0 Å². The van der Waals surface area contributed by atoms with Crippen molar-refractivity contribution in [2.75, 3.05) is 12.0 Å². The molecule has 1 atom stereocenters. The van der Waals surface area contributed by atoms with Crippen molar-refractivity contribution in [3.05, 3.63) is 99.6 Å². The van der Waals surface area contributed by atoms with E-state index in [0.717, 1.165) is 11.1 Å². The smallest absolute Gasteiger partial charge is 0.300 e. The number of ether oxygens (including phenoxy) is 1. The van der Waals surface area contributed by atoms with E-state index in [4.69, 9.17) is 16.3 Å². The zero-order valence-electron chi connectivity index (χ0n) is 17.9. The van der Waals surface area contributed by atoms with Crippen molar-refractivity contribution in [1.29, 1.82) is 0 Å². The minimum Gasteiger partial charge on any atom is -0.507 e. The Morgan fingerprint density at radius 1 is 1.00 bits per heavy atom. The molecule has 1 aliphatic heterocycles. The fraction of sp³-hybridized carbons (Fsp3) is 0.154. The van der Waals surface area contributed by atoms with Crippen LogP contribution in [0.3, 0.4) is 0 Å². The number of carbonyl (C=O) groups excluding carboxylic acids is 2. The van der Waals surface area contributed by atoms with E-state index in [1.807, 2.05) is 38.1 Å². The predicted octanol–water partition coefficient (Wildman–Crippen LogP) is 5.59. The number of benzene rings is 3. The molecule has 0 aliphatic carbocycles. The summed E-state index contributed by atoms with van der Waals surface area (Å²) in [6.07, 6.45) is 0. The summed E-state index contributed by atoms with van der Waals surface area (Å²) in [5.41, 5.74) is 3.49. The van der Waals surface area contributed by atoms with Crippen molar-refractivity contribution in [1.82, 2.24) is 0 Å². The molecule has 1 unspecified atom stereocenters. The highest BCUT2D eigenvalue weighted by atomic mass is 35.5. The van der Waals surface area contributed by atoms with Gasteiger partial charge in [-0.05, 0) is 73.0 Å². The standard InChI is InChI=1S/C26H22ClNO4/c1-15-7-8-16(2)21(13-15)28-23(18-5-4-6-20(14-18)32-3)22(25(30)26(28)31)24(29)17-9-11-19(27)12-10-17/h4-14,23,29H,1-3H3/b24-22+. The third kappa shape index (κ3) is 3.76. The number of ketones is 1. The molecule has 32 heavy (non-hydrogen) atoms. The molecule has 3 aromatic carbocycles. The van der Waals surface area contributed by atoms with Crippen LogP contribution in [0.4, 0.5) is 5.69 Å². The summed E-state index contributed by atoms with van der Waals surface area (Å²) < 4.78 is 5.36. The summed E-state index contributed by atoms with van der Waals surface area (Å²) in [6, 6.07) is 18.5. The van der Waals surface area contributed by atoms with Crippen LogP contribution in [0.5, 0.6) is 5.75 Å². The number of carbonyl (C=O) groups is 2. The molecule has 3 aromatic rings. The van der Waals surface area contributed by atoms with Gasteiger partial charge in [-0.25, -0.2) is 0 Å². The minimum atomic E-state index is -0.818. The lowest BCUT2D eigenvalue weighted by Gasteiger charge is -2.27. The normalized spacial score (nSPS) is 17.6. The van der Waals surface area contributed by atoms with Gasteiger partial charge in [0.05, 0.1) is 18.7 Å². The van der Waals surface area contributed by atoms with Gasteiger partial charge in [0.15, 0.2) is 0 Å². The molecule has 1 heterocycles. The van der Waals surface area contributed by atoms with Crippen molar-refractivity contribution in [3.8, 4) is 5.75 Å². The van der Waals surface area contributed by atoms with Gasteiger partial charge in [0.25, 0.3) is 11.7 Å². The maximum absolute atomic E-state index is 13.3. The molecule has 0 bridgehead atoms. The number of hydrogen-bond acceptors (Lipinski definition) is 4. The molecule has 6 heteroatoms. The molecule has 1 fully saturated rings. The van der Waals surface area contributed by atoms with Gasteiger partial charge in [0, 0.05) is 16.3 Å². The monoisotopic (exact) mass is 447 g/mol. The molecule has 0 radical (unpaired) electrons. The topological polar surface area (TPSA) is 66.8 Å². The first-order valence-corrected chi connectivity index (χ1v) is 10.5. The van der Waals surface area contributed by atoms with Crippen LogP contribution in [-0.2, 0) is 9.59 Å². The number of Topliss-reactive ketones (excluding diaryl/α,β-unsaturated/α-hetero) is 1. The lowest BCUT2D eigenvalue weighted by atomic mass is 9.94. The van der Waals surface area contributed by atoms with E-state index in [-0.39, 0.29) is 11.3 Å². The molecule has 1 amide bonds. The highest BCUT2D eigenvalue weighted by molar-refractivity contribution is 6.51. The van der Waals surface area contributed by atoms with Crippen molar-refractivity contribution >= 4 is 34.7 Å². The van der Waals surface area contributed by atoms with Crippen LogP contribution in [-0.4, -0.2) is 23.9 Å². The molecule has 1 aliphatic rings. The molecule has 0 saturated carbocycles. The number of anilines is 1. The molecule has 0 aromatic heterocycles. The quantitative estimate of drug-likeness (QED) is 0.321. The third-order valence-corrected chi connectivity index (χ3v) is 5.85. The average Bonchev–Trinajstić information content (AvgIpc) is 3.06. The van der Waals surface area contributed by atoms with Gasteiger partial charge in [-0.3, -0.25) is 14.5 Å². The largest absolute Gasteiger partial charge is 0.507 e.